The Morgan fingerprint density at radius 2 is 1.68 bits per heavy atom. The first-order chi connectivity index (χ1) is 18.0. The summed E-state index contributed by atoms with van der Waals surface area (Å²) in [4.78, 5) is 50.4. The second kappa shape index (κ2) is 12.1. The van der Waals surface area contributed by atoms with E-state index >= 15 is 0 Å². The van der Waals surface area contributed by atoms with Crippen LogP contribution in [-0.2, 0) is 27.2 Å². The summed E-state index contributed by atoms with van der Waals surface area (Å²) in [5, 5.41) is 6.67. The number of rotatable bonds is 7. The number of carbonyl (C=O) groups is 4. The first kappa shape index (κ1) is 25.8. The topological polar surface area (TPSA) is 123 Å². The van der Waals surface area contributed by atoms with Crippen molar-refractivity contribution < 1.29 is 28.7 Å². The van der Waals surface area contributed by atoms with Gasteiger partial charge in [-0.3, -0.25) is 9.59 Å². The number of amides is 2. The third-order valence-corrected chi connectivity index (χ3v) is 6.77. The normalized spacial score (nSPS) is 12.5. The molecule has 0 fully saturated rings. The number of carbonyl (C=O) groups excluding carboxylic acids is 4. The summed E-state index contributed by atoms with van der Waals surface area (Å²) in [7, 11) is 0. The lowest BCUT2D eigenvalue weighted by Crippen LogP contribution is -2.32. The number of nitrogens with zero attached hydrogens (tertiary/aromatic N) is 1. The van der Waals surface area contributed by atoms with Crippen LogP contribution in [0.15, 0.2) is 59.7 Å². The molecule has 3 aromatic rings. The van der Waals surface area contributed by atoms with E-state index in [9.17, 15) is 19.2 Å². The molecule has 2 amide bonds. The van der Waals surface area contributed by atoms with Gasteiger partial charge in [0.15, 0.2) is 0 Å². The Morgan fingerprint density at radius 3 is 2.41 bits per heavy atom. The zero-order valence-corrected chi connectivity index (χ0v) is 20.9. The van der Waals surface area contributed by atoms with Gasteiger partial charge in [-0.15, -0.1) is 11.3 Å². The number of thiophene rings is 1. The third-order valence-electron chi connectivity index (χ3n) is 5.56. The van der Waals surface area contributed by atoms with Crippen molar-refractivity contribution in [2.45, 2.75) is 32.6 Å². The number of hydrazone groups is 1. The van der Waals surface area contributed by atoms with Crippen LogP contribution in [-0.4, -0.2) is 36.6 Å². The molecule has 0 bridgehead atoms. The largest absolute Gasteiger partial charge is 0.462 e. The highest BCUT2D eigenvalue weighted by molar-refractivity contribution is 7.17. The van der Waals surface area contributed by atoms with Gasteiger partial charge in [-0.1, -0.05) is 18.2 Å². The van der Waals surface area contributed by atoms with Gasteiger partial charge < -0.3 is 14.8 Å². The van der Waals surface area contributed by atoms with Gasteiger partial charge in [-0.05, 0) is 80.1 Å². The van der Waals surface area contributed by atoms with Crippen molar-refractivity contribution in [3.8, 4) is 5.75 Å². The van der Waals surface area contributed by atoms with Crippen molar-refractivity contribution in [1.82, 2.24) is 5.43 Å². The SMILES string of the molecule is CCOC(=O)c1c(NC(=O)C(=O)N/N=C\c2ccc(OC(=O)c3ccccc3)cc2)sc2c1CCCC2. The number of hydrogen-bond acceptors (Lipinski definition) is 8. The Morgan fingerprint density at radius 1 is 0.946 bits per heavy atom. The first-order valence-corrected chi connectivity index (χ1v) is 12.6. The average Bonchev–Trinajstić information content (AvgIpc) is 3.28. The van der Waals surface area contributed by atoms with E-state index in [0.29, 0.717) is 27.4 Å². The summed E-state index contributed by atoms with van der Waals surface area (Å²) in [6, 6.07) is 15.1. The molecule has 1 heterocycles. The van der Waals surface area contributed by atoms with Crippen LogP contribution in [0.4, 0.5) is 5.00 Å². The molecule has 0 unspecified atom stereocenters. The van der Waals surface area contributed by atoms with E-state index in [1.807, 2.05) is 6.07 Å². The van der Waals surface area contributed by atoms with Crippen molar-refractivity contribution in [3.05, 3.63) is 81.7 Å². The maximum absolute atomic E-state index is 12.5. The van der Waals surface area contributed by atoms with Crippen molar-refractivity contribution >= 4 is 46.3 Å². The molecule has 0 atom stereocenters. The molecule has 2 N–H and O–H groups in total. The van der Waals surface area contributed by atoms with Gasteiger partial charge in [0.25, 0.3) is 0 Å². The molecule has 0 saturated heterocycles. The second-order valence-corrected chi connectivity index (χ2v) is 9.22. The van der Waals surface area contributed by atoms with Gasteiger partial charge in [0.2, 0.25) is 0 Å². The summed E-state index contributed by atoms with van der Waals surface area (Å²) in [5.41, 5.74) is 4.44. The molecular formula is C27H25N3O6S. The van der Waals surface area contributed by atoms with E-state index in [4.69, 9.17) is 9.47 Å². The molecule has 4 rings (SSSR count). The maximum atomic E-state index is 12.5. The predicted molar refractivity (Wildman–Crippen MR) is 139 cm³/mol. The quantitative estimate of drug-likeness (QED) is 0.159. The highest BCUT2D eigenvalue weighted by Gasteiger charge is 2.28. The Balaban J connectivity index is 1.34. The van der Waals surface area contributed by atoms with Gasteiger partial charge in [0.1, 0.15) is 10.8 Å². The maximum Gasteiger partial charge on any atom is 0.343 e. The lowest BCUT2D eigenvalue weighted by molar-refractivity contribution is -0.136. The van der Waals surface area contributed by atoms with Crippen LogP contribution in [0.3, 0.4) is 0 Å². The van der Waals surface area contributed by atoms with Gasteiger partial charge in [-0.2, -0.15) is 5.10 Å². The van der Waals surface area contributed by atoms with E-state index in [2.05, 4.69) is 15.8 Å². The van der Waals surface area contributed by atoms with Gasteiger partial charge >= 0.3 is 23.8 Å². The molecule has 0 radical (unpaired) electrons. The Hall–Kier alpha value is -4.31. The predicted octanol–water partition coefficient (Wildman–Crippen LogP) is 4.11. The smallest absolute Gasteiger partial charge is 0.343 e. The Labute approximate surface area is 217 Å². The van der Waals surface area contributed by atoms with Crippen molar-refractivity contribution in [1.29, 1.82) is 0 Å². The summed E-state index contributed by atoms with van der Waals surface area (Å²) in [6.45, 7) is 1.92. The van der Waals surface area contributed by atoms with E-state index in [-0.39, 0.29) is 6.61 Å². The summed E-state index contributed by atoms with van der Waals surface area (Å²) in [6.07, 6.45) is 4.87. The molecule has 1 aliphatic rings. The number of hydrogen-bond donors (Lipinski definition) is 2. The standard InChI is InChI=1S/C27H25N3O6S/c1-2-35-27(34)22-20-10-6-7-11-21(20)37-25(22)29-23(31)24(32)30-28-16-17-12-14-19(15-13-17)36-26(33)18-8-4-3-5-9-18/h3-5,8-9,12-16H,2,6-7,10-11H2,1H3,(H,29,31)(H,30,32)/b28-16-. The van der Waals surface area contributed by atoms with Crippen LogP contribution in [0, 0.1) is 0 Å². The molecule has 1 aliphatic carbocycles. The van der Waals surface area contributed by atoms with Crippen molar-refractivity contribution in [3.63, 3.8) is 0 Å². The second-order valence-electron chi connectivity index (χ2n) is 8.11. The fraction of sp³-hybridized carbons (Fsp3) is 0.222. The number of anilines is 1. The number of benzene rings is 2. The molecule has 0 saturated carbocycles. The highest BCUT2D eigenvalue weighted by atomic mass is 32.1. The lowest BCUT2D eigenvalue weighted by Gasteiger charge is -2.12. The Kier molecular flexibility index (Phi) is 8.42. The van der Waals surface area contributed by atoms with Crippen LogP contribution in [0.2, 0.25) is 0 Å². The number of aryl methyl sites for hydroxylation is 1. The van der Waals surface area contributed by atoms with E-state index in [1.54, 1.807) is 55.5 Å². The Bertz CT molecular complexity index is 1330. The minimum absolute atomic E-state index is 0.211. The fourth-order valence-corrected chi connectivity index (χ4v) is 5.08. The monoisotopic (exact) mass is 519 g/mol. The third kappa shape index (κ3) is 6.47. The van der Waals surface area contributed by atoms with Crippen LogP contribution in [0.5, 0.6) is 5.75 Å². The highest BCUT2D eigenvalue weighted by Crippen LogP contribution is 2.38. The zero-order chi connectivity index (χ0) is 26.2. The molecule has 2 aromatic carbocycles. The number of esters is 2. The number of nitrogens with one attached hydrogen (secondary N) is 2. The summed E-state index contributed by atoms with van der Waals surface area (Å²) in [5.74, 6) is -2.55. The molecule has 9 nitrogen and oxygen atoms in total. The van der Waals surface area contributed by atoms with E-state index in [0.717, 1.165) is 36.1 Å². The minimum Gasteiger partial charge on any atom is -0.462 e. The van der Waals surface area contributed by atoms with Crippen molar-refractivity contribution in [2.75, 3.05) is 11.9 Å². The van der Waals surface area contributed by atoms with Crippen LogP contribution in [0.1, 0.15) is 56.5 Å². The molecular weight excluding hydrogens is 494 g/mol. The number of ether oxygens (including phenoxy) is 2. The van der Waals surface area contributed by atoms with E-state index in [1.165, 1.54) is 17.6 Å². The fourth-order valence-electron chi connectivity index (χ4n) is 3.81. The summed E-state index contributed by atoms with van der Waals surface area (Å²) < 4.78 is 10.5. The van der Waals surface area contributed by atoms with Gasteiger partial charge in [-0.25, -0.2) is 15.0 Å². The molecule has 0 spiro atoms. The first-order valence-electron chi connectivity index (χ1n) is 11.8. The zero-order valence-electron chi connectivity index (χ0n) is 20.1. The molecule has 0 aliphatic heterocycles. The van der Waals surface area contributed by atoms with Gasteiger partial charge in [0, 0.05) is 4.88 Å². The van der Waals surface area contributed by atoms with Gasteiger partial charge in [0.05, 0.1) is 23.9 Å². The molecule has 190 valence electrons. The van der Waals surface area contributed by atoms with Crippen molar-refractivity contribution in [2.24, 2.45) is 5.10 Å². The molecule has 1 aromatic heterocycles. The number of fused-ring (bicyclic) bond motifs is 1. The minimum atomic E-state index is -0.981. The molecule has 10 heteroatoms. The average molecular weight is 520 g/mol. The summed E-state index contributed by atoms with van der Waals surface area (Å²) >= 11 is 1.30. The van der Waals surface area contributed by atoms with Crippen LogP contribution < -0.4 is 15.5 Å². The molecule has 37 heavy (non-hydrogen) atoms. The lowest BCUT2D eigenvalue weighted by atomic mass is 9.95. The van der Waals surface area contributed by atoms with E-state index < -0.39 is 23.8 Å². The van der Waals surface area contributed by atoms with Crippen LogP contribution >= 0.6 is 11.3 Å². The van der Waals surface area contributed by atoms with Crippen LogP contribution in [0.25, 0.3) is 0 Å².